The number of hydrogen-bond acceptors (Lipinski definition) is 5. The van der Waals surface area contributed by atoms with E-state index in [0.29, 0.717) is 0 Å². The third-order valence-electron chi connectivity index (χ3n) is 1.09. The number of hydrogen-bond donors (Lipinski definition) is 0. The van der Waals surface area contributed by atoms with Gasteiger partial charge in [-0.15, -0.1) is 11.3 Å². The third-order valence-corrected chi connectivity index (χ3v) is 4.13. The molecule has 0 aliphatic rings. The summed E-state index contributed by atoms with van der Waals surface area (Å²) in [5.74, 6) is 0. The molecule has 0 atom stereocenters. The fourth-order valence-corrected chi connectivity index (χ4v) is 3.51. The minimum atomic E-state index is 0.0452. The Labute approximate surface area is 89.1 Å². The van der Waals surface area contributed by atoms with E-state index in [-0.39, 0.29) is 10.2 Å². The summed E-state index contributed by atoms with van der Waals surface area (Å²) >= 11 is 3.84. The minimum absolute atomic E-state index is 0.0452. The van der Waals surface area contributed by atoms with Crippen molar-refractivity contribution in [2.45, 2.75) is 23.0 Å². The molecule has 1 aromatic heterocycles. The van der Waals surface area contributed by atoms with Gasteiger partial charge in [-0.05, 0) is 23.2 Å². The van der Waals surface area contributed by atoms with E-state index in [0.717, 1.165) is 9.10 Å². The molecule has 13 heavy (non-hydrogen) atoms. The lowest BCUT2D eigenvalue weighted by Gasteiger charge is -1.96. The van der Waals surface area contributed by atoms with Crippen LogP contribution in [0.5, 0.6) is 0 Å². The molecule has 70 valence electrons. The molecule has 0 aromatic carbocycles. The molecule has 0 bridgehead atoms. The molecule has 0 saturated carbocycles. The Morgan fingerprint density at radius 1 is 1.23 bits per heavy atom. The van der Waals surface area contributed by atoms with Gasteiger partial charge in [0, 0.05) is 18.7 Å². The highest BCUT2D eigenvalue weighted by molar-refractivity contribution is 8.17. The summed E-state index contributed by atoms with van der Waals surface area (Å²) in [7, 11) is 0. The van der Waals surface area contributed by atoms with Crippen LogP contribution in [0.1, 0.15) is 13.8 Å². The summed E-state index contributed by atoms with van der Waals surface area (Å²) in [6.07, 6.45) is 0. The van der Waals surface area contributed by atoms with Gasteiger partial charge in [0.25, 0.3) is 0 Å². The van der Waals surface area contributed by atoms with E-state index in [2.05, 4.69) is 0 Å². The Bertz CT molecular complexity index is 299. The maximum atomic E-state index is 10.8. The molecule has 0 saturated heterocycles. The van der Waals surface area contributed by atoms with E-state index >= 15 is 0 Å². The van der Waals surface area contributed by atoms with Crippen LogP contribution in [0.4, 0.5) is 0 Å². The van der Waals surface area contributed by atoms with Crippen LogP contribution in [0.25, 0.3) is 0 Å². The smallest absolute Gasteiger partial charge is 0.191 e. The fraction of sp³-hybridized carbons (Fsp3) is 0.250. The average Bonchev–Trinajstić information content (AvgIpc) is 2.34. The lowest BCUT2D eigenvalue weighted by molar-refractivity contribution is -0.110. The van der Waals surface area contributed by atoms with Gasteiger partial charge in [0.15, 0.2) is 10.2 Å². The standard InChI is InChI=1S/C8H8O2S3/c1-5(9)12-7-3-4-11-8(7)13-6(2)10/h3-4H,1-2H3. The summed E-state index contributed by atoms with van der Waals surface area (Å²) < 4.78 is 0.910. The molecule has 1 rings (SSSR count). The maximum absolute atomic E-state index is 10.8. The number of rotatable bonds is 2. The fourth-order valence-electron chi connectivity index (χ4n) is 0.719. The quantitative estimate of drug-likeness (QED) is 0.734. The lowest BCUT2D eigenvalue weighted by atomic mass is 10.7. The Kier molecular flexibility index (Phi) is 4.02. The topological polar surface area (TPSA) is 34.1 Å². The Morgan fingerprint density at radius 2 is 1.85 bits per heavy atom. The molecule has 1 heterocycles. The van der Waals surface area contributed by atoms with Crippen molar-refractivity contribution >= 4 is 45.1 Å². The largest absolute Gasteiger partial charge is 0.287 e. The van der Waals surface area contributed by atoms with Crippen LogP contribution >= 0.6 is 34.9 Å². The Hall–Kier alpha value is -0.260. The van der Waals surface area contributed by atoms with Crippen molar-refractivity contribution in [3.8, 4) is 0 Å². The first-order valence-electron chi connectivity index (χ1n) is 3.54. The zero-order chi connectivity index (χ0) is 9.84. The summed E-state index contributed by atoms with van der Waals surface area (Å²) in [5.41, 5.74) is 0. The molecule has 0 fully saturated rings. The summed E-state index contributed by atoms with van der Waals surface area (Å²) in [6, 6.07) is 1.86. The first kappa shape index (κ1) is 10.8. The molecule has 1 aromatic rings. The molecule has 5 heteroatoms. The van der Waals surface area contributed by atoms with Gasteiger partial charge in [-0.25, -0.2) is 0 Å². The van der Waals surface area contributed by atoms with Gasteiger partial charge in [-0.1, -0.05) is 11.8 Å². The third kappa shape index (κ3) is 3.54. The molecular weight excluding hydrogens is 224 g/mol. The van der Waals surface area contributed by atoms with E-state index in [9.17, 15) is 9.59 Å². The van der Waals surface area contributed by atoms with E-state index in [1.165, 1.54) is 48.7 Å². The van der Waals surface area contributed by atoms with Crippen LogP contribution < -0.4 is 0 Å². The lowest BCUT2D eigenvalue weighted by Crippen LogP contribution is -1.82. The van der Waals surface area contributed by atoms with E-state index in [1.807, 2.05) is 11.4 Å². The van der Waals surface area contributed by atoms with Crippen molar-refractivity contribution in [1.82, 2.24) is 0 Å². The molecule has 0 unspecified atom stereocenters. The summed E-state index contributed by atoms with van der Waals surface area (Å²) in [6.45, 7) is 3.04. The Balaban J connectivity index is 2.76. The van der Waals surface area contributed by atoms with Crippen LogP contribution in [-0.2, 0) is 9.59 Å². The van der Waals surface area contributed by atoms with Crippen molar-refractivity contribution in [3.05, 3.63) is 11.4 Å². The highest BCUT2D eigenvalue weighted by Crippen LogP contribution is 2.36. The van der Waals surface area contributed by atoms with Gasteiger partial charge in [-0.2, -0.15) is 0 Å². The first-order chi connectivity index (χ1) is 6.09. The normalized spacial score (nSPS) is 10.0. The second kappa shape index (κ2) is 4.83. The van der Waals surface area contributed by atoms with Gasteiger partial charge in [0.1, 0.15) is 0 Å². The van der Waals surface area contributed by atoms with Crippen LogP contribution in [0, 0.1) is 0 Å². The molecular formula is C8H8O2S3. The van der Waals surface area contributed by atoms with Gasteiger partial charge in [0.05, 0.1) is 4.21 Å². The van der Waals surface area contributed by atoms with Gasteiger partial charge in [-0.3, -0.25) is 9.59 Å². The van der Waals surface area contributed by atoms with Gasteiger partial charge in [0.2, 0.25) is 0 Å². The van der Waals surface area contributed by atoms with Crippen molar-refractivity contribution in [1.29, 1.82) is 0 Å². The molecule has 0 amide bonds. The predicted octanol–water partition coefficient (Wildman–Crippen LogP) is 3.03. The summed E-state index contributed by atoms with van der Waals surface area (Å²) in [5, 5.41) is 1.98. The number of carbonyl (C=O) groups is 2. The van der Waals surface area contributed by atoms with Gasteiger partial charge >= 0.3 is 0 Å². The highest BCUT2D eigenvalue weighted by atomic mass is 32.2. The second-order valence-corrected chi connectivity index (χ2v) is 5.84. The zero-order valence-electron chi connectivity index (χ0n) is 7.20. The second-order valence-electron chi connectivity index (χ2n) is 2.26. The van der Waals surface area contributed by atoms with E-state index < -0.39 is 0 Å². The van der Waals surface area contributed by atoms with Crippen LogP contribution in [-0.4, -0.2) is 10.2 Å². The maximum Gasteiger partial charge on any atom is 0.191 e. The first-order valence-corrected chi connectivity index (χ1v) is 6.05. The van der Waals surface area contributed by atoms with Crippen molar-refractivity contribution in [2.75, 3.05) is 0 Å². The molecule has 0 aliphatic carbocycles. The molecule has 2 nitrogen and oxygen atoms in total. The summed E-state index contributed by atoms with van der Waals surface area (Å²) in [4.78, 5) is 22.5. The van der Waals surface area contributed by atoms with Crippen LogP contribution in [0.3, 0.4) is 0 Å². The number of carbonyl (C=O) groups excluding carboxylic acids is 2. The van der Waals surface area contributed by atoms with Crippen molar-refractivity contribution in [3.63, 3.8) is 0 Å². The Morgan fingerprint density at radius 3 is 2.38 bits per heavy atom. The van der Waals surface area contributed by atoms with Crippen molar-refractivity contribution in [2.24, 2.45) is 0 Å². The molecule has 0 spiro atoms. The van der Waals surface area contributed by atoms with Crippen LogP contribution in [0.15, 0.2) is 20.6 Å². The van der Waals surface area contributed by atoms with E-state index in [1.54, 1.807) is 0 Å². The minimum Gasteiger partial charge on any atom is -0.287 e. The van der Waals surface area contributed by atoms with Crippen molar-refractivity contribution < 1.29 is 9.59 Å². The highest BCUT2D eigenvalue weighted by Gasteiger charge is 2.09. The van der Waals surface area contributed by atoms with Crippen LogP contribution in [0.2, 0.25) is 0 Å². The van der Waals surface area contributed by atoms with Gasteiger partial charge < -0.3 is 0 Å². The molecule has 0 aliphatic heterocycles. The predicted molar refractivity (Wildman–Crippen MR) is 57.4 cm³/mol. The average molecular weight is 232 g/mol. The number of thiophene rings is 1. The van der Waals surface area contributed by atoms with E-state index in [4.69, 9.17) is 0 Å². The zero-order valence-corrected chi connectivity index (χ0v) is 9.65. The SMILES string of the molecule is CC(=O)Sc1ccsc1SC(C)=O. The molecule has 0 N–H and O–H groups in total. The number of thioether (sulfide) groups is 2. The monoisotopic (exact) mass is 232 g/mol. The molecule has 0 radical (unpaired) electrons.